The molecule has 0 aliphatic heterocycles. The number of nitrogens with zero attached hydrogens (tertiary/aromatic N) is 4. The predicted molar refractivity (Wildman–Crippen MR) is 204 cm³/mol. The van der Waals surface area contributed by atoms with Crippen molar-refractivity contribution in [3.63, 3.8) is 0 Å². The van der Waals surface area contributed by atoms with Crippen LogP contribution < -0.4 is 16.2 Å². The van der Waals surface area contributed by atoms with Crippen LogP contribution in [0.5, 0.6) is 0 Å². The van der Waals surface area contributed by atoms with E-state index in [2.05, 4.69) is 25.6 Å². The molecule has 4 aromatic carbocycles. The highest BCUT2D eigenvalue weighted by atomic mass is 32.2. The van der Waals surface area contributed by atoms with Crippen LogP contribution in [0.25, 0.3) is 22.0 Å². The van der Waals surface area contributed by atoms with Crippen LogP contribution in [0.1, 0.15) is 45.6 Å². The number of anilines is 4. The number of carbonyl (C=O) groups excluding carboxylic acids is 1. The van der Waals surface area contributed by atoms with E-state index >= 15 is 0 Å². The number of carbonyl (C=O) groups is 1. The average Bonchev–Trinajstić information content (AvgIpc) is 3.12. The summed E-state index contributed by atoms with van der Waals surface area (Å²) in [5.74, 6) is -0.0673. The Morgan fingerprint density at radius 1 is 0.696 bits per heavy atom. The molecule has 5 N–H and O–H groups in total. The third-order valence-corrected chi connectivity index (χ3v) is 11.8. The van der Waals surface area contributed by atoms with Gasteiger partial charge in [-0.25, -0.2) is 4.98 Å². The molecule has 6 aromatic rings. The minimum Gasteiger partial charge on any atom is -0.354 e. The van der Waals surface area contributed by atoms with Crippen LogP contribution in [0, 0.1) is 6.92 Å². The maximum Gasteiger partial charge on any atom is 0.296 e. The number of benzene rings is 4. The van der Waals surface area contributed by atoms with Gasteiger partial charge in [0, 0.05) is 42.0 Å². The lowest BCUT2D eigenvalue weighted by molar-refractivity contribution is 0.104. The van der Waals surface area contributed by atoms with Crippen LogP contribution in [0.2, 0.25) is 0 Å². The maximum atomic E-state index is 14.5. The molecule has 0 saturated heterocycles. The number of aromatic nitrogens is 4. The second-order valence-electron chi connectivity index (χ2n) is 12.8. The molecule has 7 rings (SSSR count). The molecule has 1 aliphatic carbocycles. The molecule has 0 amide bonds. The van der Waals surface area contributed by atoms with E-state index in [-0.39, 0.29) is 50.9 Å². The minimum absolute atomic E-state index is 0.0176. The molecule has 288 valence electrons. The summed E-state index contributed by atoms with van der Waals surface area (Å²) in [6.07, 6.45) is 0.252. The van der Waals surface area contributed by atoms with E-state index in [1.165, 1.54) is 48.0 Å². The molecule has 17 nitrogen and oxygen atoms in total. The smallest absolute Gasteiger partial charge is 0.296 e. The van der Waals surface area contributed by atoms with Crippen LogP contribution in [-0.4, -0.2) is 64.2 Å². The molecule has 2 heterocycles. The fourth-order valence-corrected chi connectivity index (χ4v) is 8.68. The van der Waals surface area contributed by atoms with Crippen LogP contribution in [-0.2, 0) is 50.2 Å². The van der Waals surface area contributed by atoms with Crippen molar-refractivity contribution < 1.29 is 43.7 Å². The molecule has 0 fully saturated rings. The maximum absolute atomic E-state index is 14.5. The van der Waals surface area contributed by atoms with Gasteiger partial charge < -0.3 is 15.2 Å². The Morgan fingerprint density at radius 3 is 2.00 bits per heavy atom. The van der Waals surface area contributed by atoms with Crippen LogP contribution in [0.3, 0.4) is 0 Å². The van der Waals surface area contributed by atoms with Crippen molar-refractivity contribution in [1.29, 1.82) is 0 Å². The standard InChI is InChI=1S/C36H30N6O11S3/c1-4-30-37-18(2)38-36(41-30)40-26-16-25(28(55(48,49)50)17-29(26)56(51,52)53)39-24-12-13-27-33-31(21-10-5-6-11-22(21)34(43)32(24)33)23(35(44)42(27)3)15-19-8-7-9-20(14-19)54(45,46)47/h5-14,16-17,39H,4,15H2,1-3H3,(H,45,46,47)(H,48,49,50)(H,51,52,53)(H,37,38,40,41). The van der Waals surface area contributed by atoms with E-state index in [4.69, 9.17) is 0 Å². The Balaban J connectivity index is 1.49. The summed E-state index contributed by atoms with van der Waals surface area (Å²) in [7, 11) is -13.5. The first-order chi connectivity index (χ1) is 26.3. The largest absolute Gasteiger partial charge is 0.354 e. The second-order valence-corrected chi connectivity index (χ2v) is 17.0. The molecule has 0 atom stereocenters. The molecule has 20 heteroatoms. The van der Waals surface area contributed by atoms with Gasteiger partial charge in [0.1, 0.15) is 21.4 Å². The van der Waals surface area contributed by atoms with Gasteiger partial charge in [-0.15, -0.1) is 0 Å². The first kappa shape index (κ1) is 38.4. The van der Waals surface area contributed by atoms with Crippen molar-refractivity contribution in [2.24, 2.45) is 7.05 Å². The number of ketones is 1. The van der Waals surface area contributed by atoms with Crippen molar-refractivity contribution in [2.45, 2.75) is 41.4 Å². The summed E-state index contributed by atoms with van der Waals surface area (Å²) in [6.45, 7) is 3.34. The molecule has 0 bridgehead atoms. The minimum atomic E-state index is -5.23. The van der Waals surface area contributed by atoms with E-state index in [1.54, 1.807) is 38.1 Å². The Kier molecular flexibility index (Phi) is 9.38. The van der Waals surface area contributed by atoms with Gasteiger partial charge in [-0.1, -0.05) is 43.3 Å². The zero-order chi connectivity index (χ0) is 40.5. The monoisotopic (exact) mass is 818 g/mol. The van der Waals surface area contributed by atoms with E-state index in [1.807, 2.05) is 0 Å². The van der Waals surface area contributed by atoms with E-state index in [0.717, 1.165) is 6.07 Å². The van der Waals surface area contributed by atoms with E-state index in [0.29, 0.717) is 40.5 Å². The molecule has 0 spiro atoms. The highest BCUT2D eigenvalue weighted by molar-refractivity contribution is 7.87. The Morgan fingerprint density at radius 2 is 1.36 bits per heavy atom. The fourth-order valence-electron chi connectivity index (χ4n) is 6.75. The van der Waals surface area contributed by atoms with Crippen molar-refractivity contribution in [3.8, 4) is 11.1 Å². The highest BCUT2D eigenvalue weighted by Gasteiger charge is 2.33. The van der Waals surface area contributed by atoms with Gasteiger partial charge in [-0.05, 0) is 54.4 Å². The lowest BCUT2D eigenvalue weighted by Gasteiger charge is -2.26. The summed E-state index contributed by atoms with van der Waals surface area (Å²) >= 11 is 0. The first-order valence-electron chi connectivity index (χ1n) is 16.5. The van der Waals surface area contributed by atoms with Crippen molar-refractivity contribution in [3.05, 3.63) is 117 Å². The number of pyridine rings is 1. The summed E-state index contributed by atoms with van der Waals surface area (Å²) in [4.78, 5) is 38.8. The van der Waals surface area contributed by atoms with Gasteiger partial charge in [0.05, 0.1) is 33.0 Å². The summed E-state index contributed by atoms with van der Waals surface area (Å²) in [5, 5.41) is 5.82. The summed E-state index contributed by atoms with van der Waals surface area (Å²) in [5.41, 5.74) is 0.405. The van der Waals surface area contributed by atoms with Gasteiger partial charge in [-0.3, -0.25) is 23.2 Å². The first-order valence-corrected chi connectivity index (χ1v) is 20.9. The Hall–Kier alpha value is -5.90. The number of aryl methyl sites for hydroxylation is 3. The van der Waals surface area contributed by atoms with Gasteiger partial charge in [0.25, 0.3) is 35.9 Å². The highest BCUT2D eigenvalue weighted by Crippen LogP contribution is 2.45. The van der Waals surface area contributed by atoms with Crippen molar-refractivity contribution in [2.75, 3.05) is 10.6 Å². The molecule has 2 aromatic heterocycles. The van der Waals surface area contributed by atoms with Crippen LogP contribution in [0.15, 0.2) is 92.3 Å². The molecule has 56 heavy (non-hydrogen) atoms. The average molecular weight is 819 g/mol. The molecular weight excluding hydrogens is 789 g/mol. The SMILES string of the molecule is CCc1nc(C)nc(Nc2cc(Nc3ccc4c5c3C(=O)c3ccccc3-c5c(Cc3cccc(S(=O)(=O)O)c3)c(=O)n4C)c(S(=O)(=O)O)cc2S(=O)(=O)O)n1. The number of hydrogen-bond donors (Lipinski definition) is 5. The number of nitrogens with one attached hydrogen (secondary N) is 2. The number of rotatable bonds is 10. The normalized spacial score (nSPS) is 12.8. The van der Waals surface area contributed by atoms with Gasteiger partial charge >= 0.3 is 0 Å². The number of hydrogen-bond acceptors (Lipinski definition) is 13. The van der Waals surface area contributed by atoms with E-state index < -0.39 is 62.9 Å². The molecule has 0 saturated carbocycles. The summed E-state index contributed by atoms with van der Waals surface area (Å²) in [6, 6.07) is 16.3. The van der Waals surface area contributed by atoms with Crippen molar-refractivity contribution >= 4 is 70.1 Å². The van der Waals surface area contributed by atoms with Gasteiger partial charge in [-0.2, -0.15) is 35.2 Å². The molecule has 0 radical (unpaired) electrons. The lowest BCUT2D eigenvalue weighted by atomic mass is 9.80. The fraction of sp³-hybridized carbons (Fsp3) is 0.139. The molecular formula is C36H30N6O11S3. The Bertz CT molecular complexity index is 3090. The predicted octanol–water partition coefficient (Wildman–Crippen LogP) is 4.62. The molecule has 1 aliphatic rings. The lowest BCUT2D eigenvalue weighted by Crippen LogP contribution is -2.26. The zero-order valence-electron chi connectivity index (χ0n) is 29.5. The quantitative estimate of drug-likeness (QED) is 0.118. The number of fused-ring (bicyclic) bond motifs is 2. The third kappa shape index (κ3) is 6.93. The zero-order valence-corrected chi connectivity index (χ0v) is 31.9. The van der Waals surface area contributed by atoms with Crippen LogP contribution >= 0.6 is 0 Å². The second kappa shape index (κ2) is 13.7. The van der Waals surface area contributed by atoms with E-state index in [9.17, 15) is 48.5 Å². The van der Waals surface area contributed by atoms with Gasteiger partial charge in [0.15, 0.2) is 5.78 Å². The Labute approximate surface area is 319 Å². The van der Waals surface area contributed by atoms with Crippen molar-refractivity contribution in [1.82, 2.24) is 19.5 Å². The topological polar surface area (TPSA) is 265 Å². The van der Waals surface area contributed by atoms with Crippen LogP contribution in [0.4, 0.5) is 23.0 Å². The van der Waals surface area contributed by atoms with Gasteiger partial charge in [0.2, 0.25) is 5.95 Å². The third-order valence-electron chi connectivity index (χ3n) is 9.17. The molecule has 0 unspecified atom stereocenters. The summed E-state index contributed by atoms with van der Waals surface area (Å²) < 4.78 is 106.